The Morgan fingerprint density at radius 2 is 1.97 bits per heavy atom. The highest BCUT2D eigenvalue weighted by atomic mass is 35.5. The van der Waals surface area contributed by atoms with Gasteiger partial charge in [0.05, 0.1) is 18.9 Å². The Hall–Kier alpha value is -2.58. The number of likely N-dealkylation sites (tertiary alicyclic amines) is 1. The van der Waals surface area contributed by atoms with E-state index in [9.17, 15) is 9.59 Å². The number of piperidine rings is 1. The first-order chi connectivity index (χ1) is 15.4. The molecule has 2 fully saturated rings. The zero-order chi connectivity index (χ0) is 22.7. The number of benzene rings is 1. The second-order valence-corrected chi connectivity index (χ2v) is 8.75. The van der Waals surface area contributed by atoms with Gasteiger partial charge in [-0.15, -0.1) is 0 Å². The average Bonchev–Trinajstić information content (AvgIpc) is 3.13. The van der Waals surface area contributed by atoms with E-state index in [2.05, 4.69) is 5.16 Å². The number of ether oxygens (including phenoxy) is 2. The zero-order valence-corrected chi connectivity index (χ0v) is 19.1. The highest BCUT2D eigenvalue weighted by molar-refractivity contribution is 6.30. The second-order valence-electron chi connectivity index (χ2n) is 8.31. The van der Waals surface area contributed by atoms with Crippen molar-refractivity contribution in [3.8, 4) is 5.75 Å². The summed E-state index contributed by atoms with van der Waals surface area (Å²) < 4.78 is 16.8. The summed E-state index contributed by atoms with van der Waals surface area (Å²) in [5, 5.41) is 4.50. The molecule has 0 radical (unpaired) electrons. The monoisotopic (exact) mass is 461 g/mol. The van der Waals surface area contributed by atoms with E-state index < -0.39 is 0 Å². The van der Waals surface area contributed by atoms with Crippen molar-refractivity contribution in [1.29, 1.82) is 0 Å². The number of morpholine rings is 1. The van der Waals surface area contributed by atoms with Gasteiger partial charge in [-0.3, -0.25) is 9.59 Å². The van der Waals surface area contributed by atoms with Crippen molar-refractivity contribution < 1.29 is 23.6 Å². The minimum Gasteiger partial charge on any atom is -0.490 e. The van der Waals surface area contributed by atoms with Gasteiger partial charge in [-0.2, -0.15) is 0 Å². The summed E-state index contributed by atoms with van der Waals surface area (Å²) in [4.78, 5) is 29.8. The summed E-state index contributed by atoms with van der Waals surface area (Å²) in [5.41, 5.74) is 1.07. The molecule has 8 nitrogen and oxygen atoms in total. The molecule has 0 spiro atoms. The van der Waals surface area contributed by atoms with Crippen LogP contribution in [0.15, 0.2) is 28.8 Å². The summed E-state index contributed by atoms with van der Waals surface area (Å²) in [6.07, 6.45) is 0.714. The van der Waals surface area contributed by atoms with E-state index in [-0.39, 0.29) is 23.8 Å². The molecule has 0 aliphatic carbocycles. The second kappa shape index (κ2) is 9.92. The summed E-state index contributed by atoms with van der Waals surface area (Å²) in [7, 11) is 0. The molecular weight excluding hydrogens is 434 g/mol. The van der Waals surface area contributed by atoms with Crippen LogP contribution in [0.2, 0.25) is 5.02 Å². The number of carbonyl (C=O) groups excluding carboxylic acids is 2. The molecule has 9 heteroatoms. The van der Waals surface area contributed by atoms with E-state index in [1.807, 2.05) is 17.0 Å². The molecule has 2 aromatic rings. The Kier molecular flexibility index (Phi) is 7.01. The number of nitrogens with zero attached hydrogens (tertiary/aromatic N) is 3. The lowest BCUT2D eigenvalue weighted by Gasteiger charge is -2.39. The maximum atomic E-state index is 13.2. The Morgan fingerprint density at radius 1 is 1.19 bits per heavy atom. The summed E-state index contributed by atoms with van der Waals surface area (Å²) in [6.45, 7) is 6.73. The number of hydrogen-bond acceptors (Lipinski definition) is 6. The number of halogens is 1. The molecule has 1 aromatic carbocycles. The first kappa shape index (κ1) is 22.6. The fraction of sp³-hybridized carbons (Fsp3) is 0.522. The van der Waals surface area contributed by atoms with Crippen molar-refractivity contribution in [1.82, 2.24) is 15.0 Å². The van der Waals surface area contributed by atoms with Crippen LogP contribution in [0.25, 0.3) is 0 Å². The average molecular weight is 462 g/mol. The molecule has 32 heavy (non-hydrogen) atoms. The van der Waals surface area contributed by atoms with Crippen LogP contribution < -0.4 is 4.74 Å². The van der Waals surface area contributed by atoms with Crippen LogP contribution in [-0.2, 0) is 9.53 Å². The fourth-order valence-electron chi connectivity index (χ4n) is 4.37. The molecule has 3 heterocycles. The van der Waals surface area contributed by atoms with Crippen molar-refractivity contribution >= 4 is 23.4 Å². The molecule has 172 valence electrons. The first-order valence-electron chi connectivity index (χ1n) is 10.9. The van der Waals surface area contributed by atoms with Gasteiger partial charge in [-0.05, 0) is 32.0 Å². The Labute approximate surface area is 192 Å². The molecule has 2 atom stereocenters. The smallest absolute Gasteiger partial charge is 0.259 e. The van der Waals surface area contributed by atoms with Crippen LogP contribution in [0.5, 0.6) is 5.75 Å². The normalized spacial score (nSPS) is 21.5. The minimum absolute atomic E-state index is 0.0598. The number of aromatic nitrogens is 1. The van der Waals surface area contributed by atoms with Gasteiger partial charge >= 0.3 is 0 Å². The number of carbonyl (C=O) groups is 2. The van der Waals surface area contributed by atoms with Crippen molar-refractivity contribution in [2.75, 3.05) is 39.4 Å². The van der Waals surface area contributed by atoms with Crippen LogP contribution in [0.3, 0.4) is 0 Å². The van der Waals surface area contributed by atoms with E-state index in [4.69, 9.17) is 25.6 Å². The van der Waals surface area contributed by atoms with Gasteiger partial charge in [0.1, 0.15) is 23.2 Å². The Bertz CT molecular complexity index is 953. The van der Waals surface area contributed by atoms with Crippen molar-refractivity contribution in [2.24, 2.45) is 5.92 Å². The lowest BCUT2D eigenvalue weighted by Crippen LogP contribution is -2.50. The third-order valence-corrected chi connectivity index (χ3v) is 6.32. The Balaban J connectivity index is 1.51. The largest absolute Gasteiger partial charge is 0.490 e. The molecule has 2 aliphatic heterocycles. The van der Waals surface area contributed by atoms with Crippen molar-refractivity contribution in [3.05, 3.63) is 46.3 Å². The minimum atomic E-state index is -0.202. The topological polar surface area (TPSA) is 85.1 Å². The van der Waals surface area contributed by atoms with E-state index in [1.54, 1.807) is 30.9 Å². The maximum absolute atomic E-state index is 13.2. The summed E-state index contributed by atoms with van der Waals surface area (Å²) >= 11 is 6.12. The molecule has 2 aliphatic rings. The molecule has 4 rings (SSSR count). The molecular formula is C23H28ClN3O5. The summed E-state index contributed by atoms with van der Waals surface area (Å²) in [6, 6.07) is 7.25. The van der Waals surface area contributed by atoms with Gasteiger partial charge in [-0.25, -0.2) is 0 Å². The van der Waals surface area contributed by atoms with Gasteiger partial charge in [0.15, 0.2) is 0 Å². The quantitative estimate of drug-likeness (QED) is 0.680. The number of amides is 2. The zero-order valence-electron chi connectivity index (χ0n) is 18.4. The maximum Gasteiger partial charge on any atom is 0.259 e. The Morgan fingerprint density at radius 3 is 2.66 bits per heavy atom. The standard InChI is InChI=1S/C23H28ClN3O5/c1-15-22(16(2)32-25-15)23(29)27-7-6-20(31-19-5-3-4-18(24)13-19)17(14-27)12-21(28)26-8-10-30-11-9-26/h3-5,13,17,20H,6-12,14H2,1-2H3/t17-,20-/m0/s1. The first-order valence-corrected chi connectivity index (χ1v) is 11.3. The molecule has 1 aromatic heterocycles. The lowest BCUT2D eigenvalue weighted by molar-refractivity contribution is -0.137. The SMILES string of the molecule is Cc1noc(C)c1C(=O)N1CC[C@H](Oc2cccc(Cl)c2)[C@@H](CC(=O)N2CCOCC2)C1. The number of hydrogen-bond donors (Lipinski definition) is 0. The summed E-state index contributed by atoms with van der Waals surface area (Å²) in [5.74, 6) is 0.959. The van der Waals surface area contributed by atoms with Crippen molar-refractivity contribution in [2.45, 2.75) is 32.8 Å². The predicted octanol–water partition coefficient (Wildman–Crippen LogP) is 3.10. The third kappa shape index (κ3) is 5.07. The van der Waals surface area contributed by atoms with Crippen LogP contribution in [-0.4, -0.2) is 72.3 Å². The number of aryl methyl sites for hydroxylation is 2. The van der Waals surface area contributed by atoms with E-state index in [0.717, 1.165) is 0 Å². The molecule has 0 saturated carbocycles. The molecule has 0 bridgehead atoms. The van der Waals surface area contributed by atoms with Gasteiger partial charge in [0, 0.05) is 50.0 Å². The van der Waals surface area contributed by atoms with E-state index in [1.165, 1.54) is 0 Å². The van der Waals surface area contributed by atoms with Crippen LogP contribution in [0.1, 0.15) is 34.7 Å². The van der Waals surface area contributed by atoms with Crippen LogP contribution >= 0.6 is 11.6 Å². The highest BCUT2D eigenvalue weighted by Crippen LogP contribution is 2.29. The fourth-order valence-corrected chi connectivity index (χ4v) is 4.55. The van der Waals surface area contributed by atoms with E-state index in [0.29, 0.717) is 80.0 Å². The molecule has 0 N–H and O–H groups in total. The highest BCUT2D eigenvalue weighted by Gasteiger charge is 2.37. The van der Waals surface area contributed by atoms with Gasteiger partial charge in [-0.1, -0.05) is 22.8 Å². The molecule has 0 unspecified atom stereocenters. The third-order valence-electron chi connectivity index (χ3n) is 6.08. The predicted molar refractivity (Wildman–Crippen MR) is 118 cm³/mol. The van der Waals surface area contributed by atoms with Gasteiger partial charge in [0.2, 0.25) is 5.91 Å². The van der Waals surface area contributed by atoms with Crippen LogP contribution in [0, 0.1) is 19.8 Å². The van der Waals surface area contributed by atoms with Crippen LogP contribution in [0.4, 0.5) is 0 Å². The van der Waals surface area contributed by atoms with Gasteiger partial charge < -0.3 is 23.8 Å². The van der Waals surface area contributed by atoms with Crippen molar-refractivity contribution in [3.63, 3.8) is 0 Å². The molecule has 2 saturated heterocycles. The van der Waals surface area contributed by atoms with E-state index >= 15 is 0 Å². The number of rotatable bonds is 5. The van der Waals surface area contributed by atoms with Gasteiger partial charge in [0.25, 0.3) is 5.91 Å². The molecule has 2 amide bonds. The lowest BCUT2D eigenvalue weighted by atomic mass is 9.90.